The van der Waals surface area contributed by atoms with E-state index in [0.29, 0.717) is 24.2 Å². The van der Waals surface area contributed by atoms with E-state index in [1.54, 1.807) is 24.3 Å². The van der Waals surface area contributed by atoms with E-state index in [9.17, 15) is 19.2 Å². The zero-order chi connectivity index (χ0) is 20.0. The number of nitrogens with zero attached hydrogens (tertiary/aromatic N) is 2. The number of benzene rings is 1. The van der Waals surface area contributed by atoms with Gasteiger partial charge in [0.1, 0.15) is 0 Å². The number of ketones is 1. The number of aryl methyl sites for hydroxylation is 1. The zero-order valence-electron chi connectivity index (χ0n) is 15.4. The zero-order valence-corrected chi connectivity index (χ0v) is 15.4. The highest BCUT2D eigenvalue weighted by Crippen LogP contribution is 2.16. The number of Topliss-reactive ketones (excluding diaryl/α,β-unsaturated/α-hetero) is 1. The van der Waals surface area contributed by atoms with Crippen molar-refractivity contribution in [3.63, 3.8) is 0 Å². The molecular formula is C19H21N3O5. The van der Waals surface area contributed by atoms with Crippen LogP contribution in [-0.2, 0) is 16.1 Å². The van der Waals surface area contributed by atoms with Gasteiger partial charge in [0, 0.05) is 18.2 Å². The van der Waals surface area contributed by atoms with Crippen molar-refractivity contribution in [2.24, 2.45) is 0 Å². The lowest BCUT2D eigenvalue weighted by Gasteiger charge is -2.15. The largest absolute Gasteiger partial charge is 0.448 e. The first-order valence-electron chi connectivity index (χ1n) is 8.53. The van der Waals surface area contributed by atoms with E-state index < -0.39 is 18.0 Å². The maximum atomic E-state index is 12.3. The third kappa shape index (κ3) is 5.10. The number of esters is 1. The Morgan fingerprint density at radius 2 is 1.89 bits per heavy atom. The monoisotopic (exact) mass is 371 g/mol. The molecule has 1 unspecified atom stereocenters. The smallest absolute Gasteiger partial charge is 0.359 e. The van der Waals surface area contributed by atoms with Crippen LogP contribution >= 0.6 is 0 Å². The van der Waals surface area contributed by atoms with Gasteiger partial charge in [0.05, 0.1) is 5.69 Å². The van der Waals surface area contributed by atoms with Gasteiger partial charge in [-0.3, -0.25) is 14.4 Å². The first-order valence-corrected chi connectivity index (χ1v) is 8.53. The number of nitrogens with one attached hydrogen (secondary N) is 1. The Bertz CT molecular complexity index is 920. The molecule has 2 rings (SSSR count). The molecule has 27 heavy (non-hydrogen) atoms. The van der Waals surface area contributed by atoms with E-state index in [1.807, 2.05) is 6.92 Å². The molecule has 142 valence electrons. The number of anilines is 1. The van der Waals surface area contributed by atoms with Crippen molar-refractivity contribution in [1.82, 2.24) is 9.78 Å². The van der Waals surface area contributed by atoms with Crippen molar-refractivity contribution in [1.29, 1.82) is 0 Å². The molecule has 0 radical (unpaired) electrons. The van der Waals surface area contributed by atoms with Gasteiger partial charge in [0.2, 0.25) is 0 Å². The Morgan fingerprint density at radius 1 is 1.19 bits per heavy atom. The SMILES string of the molecule is CCCn1nc(C(=O)OC(C)C(=O)Nc2ccccc2C(C)=O)ccc1=O. The summed E-state index contributed by atoms with van der Waals surface area (Å²) in [7, 11) is 0. The molecule has 1 aromatic heterocycles. The number of hydrogen-bond donors (Lipinski definition) is 1. The first kappa shape index (κ1) is 20.0. The maximum Gasteiger partial charge on any atom is 0.359 e. The molecule has 0 fully saturated rings. The molecule has 0 bridgehead atoms. The van der Waals surface area contributed by atoms with Crippen LogP contribution in [0.3, 0.4) is 0 Å². The maximum absolute atomic E-state index is 12.3. The number of rotatable bonds is 7. The summed E-state index contributed by atoms with van der Waals surface area (Å²) in [6.07, 6.45) is -0.439. The molecular weight excluding hydrogens is 350 g/mol. The minimum Gasteiger partial charge on any atom is -0.448 e. The highest BCUT2D eigenvalue weighted by Gasteiger charge is 2.21. The van der Waals surface area contributed by atoms with Crippen molar-refractivity contribution in [3.8, 4) is 0 Å². The molecule has 1 aromatic carbocycles. The van der Waals surface area contributed by atoms with E-state index in [0.717, 1.165) is 0 Å². The quantitative estimate of drug-likeness (QED) is 0.589. The van der Waals surface area contributed by atoms with Crippen LogP contribution in [0.15, 0.2) is 41.2 Å². The van der Waals surface area contributed by atoms with Gasteiger partial charge in [-0.2, -0.15) is 5.10 Å². The third-order valence-electron chi connectivity index (χ3n) is 3.73. The Labute approximate surface area is 156 Å². The average Bonchev–Trinajstić information content (AvgIpc) is 2.63. The molecule has 0 aliphatic carbocycles. The summed E-state index contributed by atoms with van der Waals surface area (Å²) in [4.78, 5) is 47.8. The Balaban J connectivity index is 2.08. The topological polar surface area (TPSA) is 107 Å². The third-order valence-corrected chi connectivity index (χ3v) is 3.73. The van der Waals surface area contributed by atoms with Crippen molar-refractivity contribution in [2.45, 2.75) is 39.8 Å². The second-order valence-corrected chi connectivity index (χ2v) is 5.92. The van der Waals surface area contributed by atoms with Gasteiger partial charge in [0.15, 0.2) is 17.6 Å². The van der Waals surface area contributed by atoms with E-state index in [1.165, 1.54) is 30.7 Å². The van der Waals surface area contributed by atoms with Crippen molar-refractivity contribution in [3.05, 3.63) is 58.0 Å². The van der Waals surface area contributed by atoms with E-state index in [4.69, 9.17) is 4.74 Å². The van der Waals surface area contributed by atoms with Gasteiger partial charge in [-0.05, 0) is 38.5 Å². The summed E-state index contributed by atoms with van der Waals surface area (Å²) in [6, 6.07) is 9.03. The minimum absolute atomic E-state index is 0.0631. The molecule has 1 atom stereocenters. The lowest BCUT2D eigenvalue weighted by molar-refractivity contribution is -0.123. The lowest BCUT2D eigenvalue weighted by Crippen LogP contribution is -2.32. The predicted octanol–water partition coefficient (Wildman–Crippen LogP) is 2.04. The number of carbonyl (C=O) groups excluding carboxylic acids is 3. The minimum atomic E-state index is -1.12. The summed E-state index contributed by atoms with van der Waals surface area (Å²) in [5.41, 5.74) is 0.317. The normalized spacial score (nSPS) is 11.5. The molecule has 0 aliphatic heterocycles. The molecule has 1 heterocycles. The van der Waals surface area contributed by atoms with Crippen LogP contribution in [0, 0.1) is 0 Å². The van der Waals surface area contributed by atoms with Crippen LogP contribution in [0.2, 0.25) is 0 Å². The molecule has 1 N–H and O–H groups in total. The molecule has 8 heteroatoms. The van der Waals surface area contributed by atoms with Crippen LogP contribution in [-0.4, -0.2) is 33.5 Å². The predicted molar refractivity (Wildman–Crippen MR) is 98.7 cm³/mol. The molecule has 8 nitrogen and oxygen atoms in total. The van der Waals surface area contributed by atoms with Crippen molar-refractivity contribution >= 4 is 23.3 Å². The van der Waals surface area contributed by atoms with Gasteiger partial charge >= 0.3 is 5.97 Å². The number of para-hydroxylation sites is 1. The van der Waals surface area contributed by atoms with Gasteiger partial charge in [0.25, 0.3) is 11.5 Å². The second-order valence-electron chi connectivity index (χ2n) is 5.92. The lowest BCUT2D eigenvalue weighted by atomic mass is 10.1. The Morgan fingerprint density at radius 3 is 2.56 bits per heavy atom. The van der Waals surface area contributed by atoms with Crippen LogP contribution in [0.1, 0.15) is 48.0 Å². The van der Waals surface area contributed by atoms with Crippen LogP contribution in [0.4, 0.5) is 5.69 Å². The van der Waals surface area contributed by atoms with Crippen LogP contribution < -0.4 is 10.9 Å². The summed E-state index contributed by atoms with van der Waals surface area (Å²) in [5, 5.41) is 6.53. The summed E-state index contributed by atoms with van der Waals surface area (Å²) < 4.78 is 6.30. The molecule has 0 spiro atoms. The average molecular weight is 371 g/mol. The standard InChI is InChI=1S/C19H21N3O5/c1-4-11-22-17(24)10-9-16(21-22)19(26)27-13(3)18(25)20-15-8-6-5-7-14(15)12(2)23/h5-10,13H,4,11H2,1-3H3,(H,20,25). The number of ether oxygens (including phenoxy) is 1. The fraction of sp³-hybridized carbons (Fsp3) is 0.316. The first-order chi connectivity index (χ1) is 12.8. The summed E-state index contributed by atoms with van der Waals surface area (Å²) >= 11 is 0. The van der Waals surface area contributed by atoms with E-state index in [2.05, 4.69) is 10.4 Å². The number of amides is 1. The van der Waals surface area contributed by atoms with Crippen LogP contribution in [0.5, 0.6) is 0 Å². The van der Waals surface area contributed by atoms with E-state index in [-0.39, 0.29) is 17.0 Å². The highest BCUT2D eigenvalue weighted by molar-refractivity contribution is 6.05. The van der Waals surface area contributed by atoms with Crippen molar-refractivity contribution < 1.29 is 19.1 Å². The van der Waals surface area contributed by atoms with Gasteiger partial charge in [-0.1, -0.05) is 19.1 Å². The highest BCUT2D eigenvalue weighted by atomic mass is 16.5. The molecule has 2 aromatic rings. The van der Waals surface area contributed by atoms with Gasteiger partial charge in [-0.15, -0.1) is 0 Å². The molecule has 0 saturated carbocycles. The fourth-order valence-electron chi connectivity index (χ4n) is 2.34. The summed E-state index contributed by atoms with van der Waals surface area (Å²) in [6.45, 7) is 5.05. The molecule has 0 saturated heterocycles. The Kier molecular flexibility index (Phi) is 6.59. The summed E-state index contributed by atoms with van der Waals surface area (Å²) in [5.74, 6) is -1.60. The van der Waals surface area contributed by atoms with Gasteiger partial charge in [-0.25, -0.2) is 9.48 Å². The number of aromatic nitrogens is 2. The number of carbonyl (C=O) groups is 3. The van der Waals surface area contributed by atoms with Gasteiger partial charge < -0.3 is 10.1 Å². The van der Waals surface area contributed by atoms with E-state index >= 15 is 0 Å². The van der Waals surface area contributed by atoms with Crippen molar-refractivity contribution in [2.75, 3.05) is 5.32 Å². The second kappa shape index (κ2) is 8.88. The fourth-order valence-corrected chi connectivity index (χ4v) is 2.34. The molecule has 1 amide bonds. The number of hydrogen-bond acceptors (Lipinski definition) is 6. The molecule has 0 aliphatic rings. The Hall–Kier alpha value is -3.29. The van der Waals surface area contributed by atoms with Crippen LogP contribution in [0.25, 0.3) is 0 Å².